The van der Waals surface area contributed by atoms with Crippen LogP contribution in [0.2, 0.25) is 0 Å². The van der Waals surface area contributed by atoms with E-state index in [2.05, 4.69) is 26.6 Å². The number of carbonyl (C=O) groups is 8. The number of carboxylic acids is 2. The summed E-state index contributed by atoms with van der Waals surface area (Å²) in [5.41, 5.74) is 5.05. The number of rotatable bonds is 17. The second-order valence-electron chi connectivity index (χ2n) is 9.61. The van der Waals surface area contributed by atoms with Crippen LogP contribution in [0.4, 0.5) is 0 Å². The van der Waals surface area contributed by atoms with Crippen molar-refractivity contribution in [1.82, 2.24) is 26.6 Å². The predicted molar refractivity (Wildman–Crippen MR) is 137 cm³/mol. The van der Waals surface area contributed by atoms with Gasteiger partial charge in [-0.05, 0) is 18.8 Å². The quantitative estimate of drug-likeness (QED) is 0.0910. The molecule has 0 radical (unpaired) electrons. The Labute approximate surface area is 230 Å². The number of hydrogen-bond donors (Lipinski definition) is 8. The van der Waals surface area contributed by atoms with Crippen LogP contribution in [0.25, 0.3) is 0 Å². The number of carboxylic acid groups (broad SMARTS) is 2. The summed E-state index contributed by atoms with van der Waals surface area (Å²) in [5.74, 6) is -7.35. The van der Waals surface area contributed by atoms with Crippen LogP contribution in [0.5, 0.6) is 0 Å². The van der Waals surface area contributed by atoms with Crippen molar-refractivity contribution in [3.63, 3.8) is 0 Å². The maximum Gasteiger partial charge on any atom is 0.326 e. The van der Waals surface area contributed by atoms with Crippen molar-refractivity contribution in [2.45, 2.75) is 82.8 Å². The van der Waals surface area contributed by atoms with E-state index in [0.717, 1.165) is 39.0 Å². The molecule has 0 aromatic rings. The number of aliphatic carboxylic acids is 2. The summed E-state index contributed by atoms with van der Waals surface area (Å²) in [6.07, 6.45) is 3.87. The highest BCUT2D eigenvalue weighted by Gasteiger charge is 2.28. The lowest BCUT2D eigenvalue weighted by atomic mass is 9.85. The molecule has 0 heterocycles. The lowest BCUT2D eigenvalue weighted by Crippen LogP contribution is -2.54. The molecule has 0 saturated heterocycles. The third-order valence-corrected chi connectivity index (χ3v) is 6.18. The minimum absolute atomic E-state index is 0.127. The monoisotopic (exact) mass is 570 g/mol. The third-order valence-electron chi connectivity index (χ3n) is 6.18. The molecule has 1 fully saturated rings. The summed E-state index contributed by atoms with van der Waals surface area (Å²) >= 11 is 0. The Morgan fingerprint density at radius 2 is 1.30 bits per heavy atom. The predicted octanol–water partition coefficient (Wildman–Crippen LogP) is -2.51. The first-order valence-corrected chi connectivity index (χ1v) is 12.9. The number of amides is 6. The average molecular weight is 571 g/mol. The molecule has 9 N–H and O–H groups in total. The van der Waals surface area contributed by atoms with E-state index in [1.807, 2.05) is 0 Å². The van der Waals surface area contributed by atoms with Gasteiger partial charge in [0.05, 0.1) is 19.5 Å². The number of primary amides is 1. The van der Waals surface area contributed by atoms with Gasteiger partial charge in [0.1, 0.15) is 18.1 Å². The lowest BCUT2D eigenvalue weighted by molar-refractivity contribution is -0.143. The number of carbonyl (C=O) groups excluding carboxylic acids is 6. The molecule has 16 heteroatoms. The number of nitrogens with two attached hydrogens (primary N) is 1. The van der Waals surface area contributed by atoms with Gasteiger partial charge in [-0.25, -0.2) is 4.79 Å². The Hall–Kier alpha value is -4.24. The molecule has 0 aliphatic heterocycles. The lowest BCUT2D eigenvalue weighted by Gasteiger charge is -2.25. The van der Waals surface area contributed by atoms with Gasteiger partial charge in [-0.15, -0.1) is 0 Å². The van der Waals surface area contributed by atoms with E-state index < -0.39 is 85.0 Å². The zero-order valence-corrected chi connectivity index (χ0v) is 22.3. The van der Waals surface area contributed by atoms with Gasteiger partial charge in [-0.3, -0.25) is 33.6 Å². The Balaban J connectivity index is 2.64. The van der Waals surface area contributed by atoms with Crippen molar-refractivity contribution in [2.75, 3.05) is 13.1 Å². The zero-order valence-electron chi connectivity index (χ0n) is 22.3. The maximum atomic E-state index is 12.5. The summed E-state index contributed by atoms with van der Waals surface area (Å²) in [5, 5.41) is 29.7. The Kier molecular flexibility index (Phi) is 14.7. The van der Waals surface area contributed by atoms with Crippen LogP contribution < -0.4 is 32.3 Å². The first-order valence-electron chi connectivity index (χ1n) is 12.9. The molecule has 1 aliphatic carbocycles. The molecule has 0 aromatic heterocycles. The van der Waals surface area contributed by atoms with Crippen molar-refractivity contribution in [3.8, 4) is 0 Å². The van der Waals surface area contributed by atoms with E-state index in [1.165, 1.54) is 0 Å². The van der Waals surface area contributed by atoms with E-state index in [0.29, 0.717) is 0 Å². The fraction of sp³-hybridized carbons (Fsp3) is 0.667. The number of nitrogens with one attached hydrogen (secondary N) is 5. The van der Waals surface area contributed by atoms with Crippen LogP contribution in [-0.2, 0) is 38.4 Å². The molecule has 6 amide bonds. The molecule has 16 nitrogen and oxygen atoms in total. The smallest absolute Gasteiger partial charge is 0.326 e. The van der Waals surface area contributed by atoms with Gasteiger partial charge in [-0.1, -0.05) is 32.1 Å². The van der Waals surface area contributed by atoms with Crippen LogP contribution in [0.3, 0.4) is 0 Å². The van der Waals surface area contributed by atoms with Gasteiger partial charge < -0.3 is 42.5 Å². The van der Waals surface area contributed by atoms with Gasteiger partial charge in [0.25, 0.3) is 0 Å². The Bertz CT molecular complexity index is 966. The molecule has 3 atom stereocenters. The SMILES string of the molecule is CC(=O)NC(CCC(N)=O)C(=O)NCC(=O)NC(CC(=O)O)C(=O)NCC(=O)NC(CC1CCCCC1)C(=O)O. The Morgan fingerprint density at radius 3 is 1.77 bits per heavy atom. The fourth-order valence-corrected chi connectivity index (χ4v) is 4.23. The highest BCUT2D eigenvalue weighted by Crippen LogP contribution is 2.27. The molecule has 1 saturated carbocycles. The van der Waals surface area contributed by atoms with E-state index in [4.69, 9.17) is 10.8 Å². The first-order chi connectivity index (χ1) is 18.8. The molecule has 3 unspecified atom stereocenters. The standard InChI is InChI=1S/C24H38N6O10/c1-13(31)28-15(7-8-18(25)32)22(37)26-11-19(33)29-16(10-21(35)36)23(38)27-12-20(34)30-17(24(39)40)9-14-5-3-2-4-6-14/h14-17H,2-12H2,1H3,(H2,25,32)(H,26,37)(H,27,38)(H,28,31)(H,29,33)(H,30,34)(H,35,36)(H,39,40). The third kappa shape index (κ3) is 14.1. The second kappa shape index (κ2) is 17.4. The van der Waals surface area contributed by atoms with Crippen LogP contribution in [0.1, 0.15) is 64.7 Å². The molecule has 0 spiro atoms. The molecular weight excluding hydrogens is 532 g/mol. The number of hydrogen-bond acceptors (Lipinski definition) is 8. The van der Waals surface area contributed by atoms with Crippen molar-refractivity contribution in [2.24, 2.45) is 11.7 Å². The fourth-order valence-electron chi connectivity index (χ4n) is 4.23. The summed E-state index contributed by atoms with van der Waals surface area (Å²) in [4.78, 5) is 94.5. The molecule has 1 rings (SSSR count). The van der Waals surface area contributed by atoms with Crippen LogP contribution in [-0.4, -0.2) is 88.8 Å². The van der Waals surface area contributed by atoms with Crippen molar-refractivity contribution in [3.05, 3.63) is 0 Å². The highest BCUT2D eigenvalue weighted by molar-refractivity contribution is 5.95. The van der Waals surface area contributed by atoms with Crippen molar-refractivity contribution in [1.29, 1.82) is 0 Å². The van der Waals surface area contributed by atoms with Crippen LogP contribution in [0, 0.1) is 5.92 Å². The summed E-state index contributed by atoms with van der Waals surface area (Å²) in [7, 11) is 0. The zero-order chi connectivity index (χ0) is 30.2. The van der Waals surface area contributed by atoms with Gasteiger partial charge in [-0.2, -0.15) is 0 Å². The minimum atomic E-state index is -1.62. The van der Waals surface area contributed by atoms with Crippen LogP contribution in [0.15, 0.2) is 0 Å². The Morgan fingerprint density at radius 1 is 0.775 bits per heavy atom. The molecule has 1 aliphatic rings. The van der Waals surface area contributed by atoms with Gasteiger partial charge in [0, 0.05) is 13.3 Å². The van der Waals surface area contributed by atoms with Crippen molar-refractivity contribution >= 4 is 47.4 Å². The molecule has 0 aromatic carbocycles. The highest BCUT2D eigenvalue weighted by atomic mass is 16.4. The summed E-state index contributed by atoms with van der Waals surface area (Å²) in [6.45, 7) is -0.212. The summed E-state index contributed by atoms with van der Waals surface area (Å²) < 4.78 is 0. The van der Waals surface area contributed by atoms with Crippen molar-refractivity contribution < 1.29 is 48.6 Å². The van der Waals surface area contributed by atoms with Gasteiger partial charge >= 0.3 is 11.9 Å². The molecule has 40 heavy (non-hydrogen) atoms. The van der Waals surface area contributed by atoms with E-state index in [9.17, 15) is 43.5 Å². The van der Waals surface area contributed by atoms with Crippen LogP contribution >= 0.6 is 0 Å². The topological polar surface area (TPSA) is 263 Å². The maximum absolute atomic E-state index is 12.5. The molecular formula is C24H38N6O10. The van der Waals surface area contributed by atoms with E-state index in [-0.39, 0.29) is 25.2 Å². The average Bonchev–Trinajstić information content (AvgIpc) is 2.87. The van der Waals surface area contributed by atoms with Gasteiger partial charge in [0.15, 0.2) is 0 Å². The second-order valence-corrected chi connectivity index (χ2v) is 9.61. The van der Waals surface area contributed by atoms with E-state index >= 15 is 0 Å². The first kappa shape index (κ1) is 33.8. The summed E-state index contributed by atoms with van der Waals surface area (Å²) in [6, 6.07) is -3.93. The minimum Gasteiger partial charge on any atom is -0.481 e. The van der Waals surface area contributed by atoms with Gasteiger partial charge in [0.2, 0.25) is 35.4 Å². The normalized spacial score (nSPS) is 15.4. The molecule has 0 bridgehead atoms. The molecule has 224 valence electrons. The van der Waals surface area contributed by atoms with E-state index in [1.54, 1.807) is 0 Å². The largest absolute Gasteiger partial charge is 0.481 e.